The third-order valence-corrected chi connectivity index (χ3v) is 2.82. The SMILES string of the molecule is CC(O)(C[n+]1cc(N)cc(C(F)(F)F)c1C(F)(F)F)C(F)(F)F. The van der Waals surface area contributed by atoms with Gasteiger partial charge in [0.05, 0.1) is 5.69 Å². The highest BCUT2D eigenvalue weighted by molar-refractivity contribution is 5.39. The third-order valence-electron chi connectivity index (χ3n) is 2.82. The normalized spacial score (nSPS) is 16.3. The van der Waals surface area contributed by atoms with Crippen molar-refractivity contribution in [2.75, 3.05) is 5.73 Å². The lowest BCUT2D eigenvalue weighted by atomic mass is 10.0. The van der Waals surface area contributed by atoms with E-state index in [2.05, 4.69) is 0 Å². The molecule has 0 spiro atoms. The van der Waals surface area contributed by atoms with Crippen molar-refractivity contribution in [3.05, 3.63) is 23.5 Å². The number of nitrogens with zero attached hydrogens (tertiary/aromatic N) is 1. The lowest BCUT2D eigenvalue weighted by Gasteiger charge is -2.24. The van der Waals surface area contributed by atoms with Crippen molar-refractivity contribution < 1.29 is 49.2 Å². The van der Waals surface area contributed by atoms with Crippen LogP contribution in [-0.4, -0.2) is 16.9 Å². The summed E-state index contributed by atoms with van der Waals surface area (Å²) in [6.45, 7) is -1.68. The molecule has 0 aromatic carbocycles. The van der Waals surface area contributed by atoms with Crippen molar-refractivity contribution in [3.63, 3.8) is 0 Å². The minimum Gasteiger partial charge on any atom is -0.394 e. The van der Waals surface area contributed by atoms with Crippen LogP contribution >= 0.6 is 0 Å². The van der Waals surface area contributed by atoms with Gasteiger partial charge in [0.15, 0.2) is 12.7 Å². The van der Waals surface area contributed by atoms with Crippen LogP contribution in [0.1, 0.15) is 18.2 Å². The summed E-state index contributed by atoms with van der Waals surface area (Å²) in [5.41, 5.74) is -4.13. The number of hydrogen-bond acceptors (Lipinski definition) is 2. The van der Waals surface area contributed by atoms with E-state index >= 15 is 0 Å². The highest BCUT2D eigenvalue weighted by Gasteiger charge is 2.57. The number of halogens is 9. The zero-order valence-corrected chi connectivity index (χ0v) is 11.2. The Morgan fingerprint density at radius 2 is 1.48 bits per heavy atom. The average molecular weight is 357 g/mol. The van der Waals surface area contributed by atoms with E-state index in [1.807, 2.05) is 0 Å². The fourth-order valence-corrected chi connectivity index (χ4v) is 1.75. The van der Waals surface area contributed by atoms with Crippen LogP contribution in [0.3, 0.4) is 0 Å². The molecule has 1 aromatic rings. The summed E-state index contributed by atoms with van der Waals surface area (Å²) in [7, 11) is 0. The van der Waals surface area contributed by atoms with Crippen LogP contribution in [0.4, 0.5) is 45.2 Å². The zero-order chi connectivity index (χ0) is 18.4. The number of pyridine rings is 1. The molecule has 0 fully saturated rings. The second-order valence-electron chi connectivity index (χ2n) is 4.93. The van der Waals surface area contributed by atoms with E-state index < -0.39 is 52.2 Å². The summed E-state index contributed by atoms with van der Waals surface area (Å²) in [4.78, 5) is 0. The van der Waals surface area contributed by atoms with Crippen molar-refractivity contribution in [1.29, 1.82) is 0 Å². The topological polar surface area (TPSA) is 50.1 Å². The minimum atomic E-state index is -5.62. The van der Waals surface area contributed by atoms with Crippen LogP contribution in [0.25, 0.3) is 0 Å². The largest absolute Gasteiger partial charge is 0.478 e. The van der Waals surface area contributed by atoms with Gasteiger partial charge in [-0.05, 0) is 13.0 Å². The van der Waals surface area contributed by atoms with Crippen LogP contribution in [-0.2, 0) is 18.9 Å². The molecule has 132 valence electrons. The Balaban J connectivity index is 3.64. The lowest BCUT2D eigenvalue weighted by molar-refractivity contribution is -0.732. The molecule has 12 heteroatoms. The summed E-state index contributed by atoms with van der Waals surface area (Å²) in [5.74, 6) is 0. The highest BCUT2D eigenvalue weighted by Crippen LogP contribution is 2.40. The van der Waals surface area contributed by atoms with Crippen LogP contribution in [0, 0.1) is 0 Å². The van der Waals surface area contributed by atoms with E-state index in [1.165, 1.54) is 0 Å². The fraction of sp³-hybridized carbons (Fsp3) is 0.545. The first-order chi connectivity index (χ1) is 9.97. The molecule has 0 aliphatic heterocycles. The van der Waals surface area contributed by atoms with E-state index in [4.69, 9.17) is 5.73 Å². The molecule has 0 saturated heterocycles. The van der Waals surface area contributed by atoms with Gasteiger partial charge in [-0.15, -0.1) is 0 Å². The number of hydrogen-bond donors (Lipinski definition) is 2. The fourth-order valence-electron chi connectivity index (χ4n) is 1.75. The molecule has 1 rings (SSSR count). The molecule has 0 aliphatic rings. The second kappa shape index (κ2) is 5.42. The minimum absolute atomic E-state index is 0.0401. The molecule has 1 heterocycles. The summed E-state index contributed by atoms with van der Waals surface area (Å²) >= 11 is 0. The maximum atomic E-state index is 12.9. The molecule has 3 nitrogen and oxygen atoms in total. The first-order valence-electron chi connectivity index (χ1n) is 5.73. The van der Waals surface area contributed by atoms with E-state index in [-0.39, 0.29) is 19.2 Å². The Hall–Kier alpha value is -1.72. The molecule has 3 N–H and O–H groups in total. The molecular formula is C11H10F9N2O+. The van der Waals surface area contributed by atoms with Crippen molar-refractivity contribution in [3.8, 4) is 0 Å². The maximum Gasteiger partial charge on any atom is 0.478 e. The highest BCUT2D eigenvalue weighted by atomic mass is 19.4. The number of nitrogen functional groups attached to an aromatic ring is 1. The van der Waals surface area contributed by atoms with Gasteiger partial charge >= 0.3 is 18.5 Å². The quantitative estimate of drug-likeness (QED) is 0.632. The molecule has 1 atom stereocenters. The van der Waals surface area contributed by atoms with E-state index in [1.54, 1.807) is 0 Å². The van der Waals surface area contributed by atoms with E-state index in [0.29, 0.717) is 0 Å². The van der Waals surface area contributed by atoms with Gasteiger partial charge < -0.3 is 10.8 Å². The Morgan fingerprint density at radius 3 is 1.83 bits per heavy atom. The van der Waals surface area contributed by atoms with Crippen molar-refractivity contribution in [1.82, 2.24) is 0 Å². The average Bonchev–Trinajstić information content (AvgIpc) is 2.22. The third kappa shape index (κ3) is 4.18. The van der Waals surface area contributed by atoms with Crippen LogP contribution in [0.2, 0.25) is 0 Å². The zero-order valence-electron chi connectivity index (χ0n) is 11.2. The first-order valence-corrected chi connectivity index (χ1v) is 5.73. The van der Waals surface area contributed by atoms with Gasteiger partial charge in [0.25, 0.3) is 5.69 Å². The number of alkyl halides is 9. The van der Waals surface area contributed by atoms with E-state index in [9.17, 15) is 44.6 Å². The molecule has 0 saturated carbocycles. The van der Waals surface area contributed by atoms with Crippen LogP contribution < -0.4 is 10.3 Å². The van der Waals surface area contributed by atoms with Gasteiger partial charge in [-0.25, -0.2) is 0 Å². The van der Waals surface area contributed by atoms with Crippen LogP contribution in [0.15, 0.2) is 12.3 Å². The lowest BCUT2D eigenvalue weighted by Crippen LogP contribution is -2.57. The Bertz CT molecular complexity index is 587. The molecule has 0 amide bonds. The van der Waals surface area contributed by atoms with Crippen molar-refractivity contribution >= 4 is 5.69 Å². The summed E-state index contributed by atoms with van der Waals surface area (Å²) in [5, 5.41) is 9.24. The summed E-state index contributed by atoms with van der Waals surface area (Å²) < 4.78 is 114. The number of anilines is 1. The van der Waals surface area contributed by atoms with Crippen molar-refractivity contribution in [2.45, 2.75) is 37.6 Å². The Kier molecular flexibility index (Phi) is 4.56. The molecule has 23 heavy (non-hydrogen) atoms. The molecule has 1 aromatic heterocycles. The van der Waals surface area contributed by atoms with Gasteiger partial charge in [-0.2, -0.15) is 44.1 Å². The van der Waals surface area contributed by atoms with Crippen molar-refractivity contribution in [2.24, 2.45) is 0 Å². The number of aliphatic hydroxyl groups is 1. The van der Waals surface area contributed by atoms with Gasteiger partial charge in [0.1, 0.15) is 5.56 Å². The predicted molar refractivity (Wildman–Crippen MR) is 57.7 cm³/mol. The summed E-state index contributed by atoms with van der Waals surface area (Å²) in [6, 6.07) is -0.0401. The number of aromatic nitrogens is 1. The van der Waals surface area contributed by atoms with E-state index in [0.717, 1.165) is 0 Å². The smallest absolute Gasteiger partial charge is 0.394 e. The molecular weight excluding hydrogens is 347 g/mol. The Morgan fingerprint density at radius 1 is 1.00 bits per heavy atom. The maximum absolute atomic E-state index is 12.9. The van der Waals surface area contributed by atoms with Gasteiger partial charge in [-0.3, -0.25) is 0 Å². The van der Waals surface area contributed by atoms with Crippen LogP contribution in [0.5, 0.6) is 0 Å². The first kappa shape index (κ1) is 19.3. The molecule has 0 aliphatic carbocycles. The summed E-state index contributed by atoms with van der Waals surface area (Å²) in [6.07, 6.45) is -16.3. The number of rotatable bonds is 2. The predicted octanol–water partition coefficient (Wildman–Crippen LogP) is 2.91. The molecule has 1 unspecified atom stereocenters. The number of nitrogens with two attached hydrogens (primary N) is 1. The molecule has 0 radical (unpaired) electrons. The van der Waals surface area contributed by atoms with Gasteiger partial charge in [0.2, 0.25) is 5.60 Å². The second-order valence-corrected chi connectivity index (χ2v) is 4.93. The molecule has 0 bridgehead atoms. The monoisotopic (exact) mass is 357 g/mol. The Labute approximate surface area is 123 Å². The van der Waals surface area contributed by atoms with Gasteiger partial charge in [-0.1, -0.05) is 0 Å². The van der Waals surface area contributed by atoms with Gasteiger partial charge in [0, 0.05) is 0 Å². The standard InChI is InChI=1S/C11H10F9N2O/c1-8(23,11(18,19)20)4-22-3-5(21)2-6(9(12,13)14)7(22)10(15,16)17/h2-3,23H,4,21H2,1H3/q+1.